The average Bonchev–Trinajstić information content (AvgIpc) is 2.78. The van der Waals surface area contributed by atoms with Crippen LogP contribution in [0, 0.1) is 0 Å². The highest BCUT2D eigenvalue weighted by Gasteiger charge is 2.50. The summed E-state index contributed by atoms with van der Waals surface area (Å²) in [6.45, 7) is 8.22. The first-order chi connectivity index (χ1) is 15.4. The Kier molecular flexibility index (Phi) is 9.34. The number of rotatable bonds is 8. The molecule has 0 saturated carbocycles. The van der Waals surface area contributed by atoms with Crippen LogP contribution in [0.4, 0.5) is 0 Å². The molecular formula is C26H35IO4Si. The van der Waals surface area contributed by atoms with Gasteiger partial charge in [0.2, 0.25) is 0 Å². The molecule has 0 spiro atoms. The molecule has 0 bridgehead atoms. The van der Waals surface area contributed by atoms with Crippen LogP contribution in [0.3, 0.4) is 0 Å². The summed E-state index contributed by atoms with van der Waals surface area (Å²) in [5, 5.41) is 2.48. The molecule has 6 heteroatoms. The molecule has 1 aliphatic rings. The van der Waals surface area contributed by atoms with E-state index in [9.17, 15) is 4.79 Å². The summed E-state index contributed by atoms with van der Waals surface area (Å²) in [7, 11) is -2.60. The van der Waals surface area contributed by atoms with E-state index in [1.165, 1.54) is 10.4 Å². The third kappa shape index (κ3) is 6.01. The van der Waals surface area contributed by atoms with Crippen LogP contribution in [-0.2, 0) is 18.7 Å². The van der Waals surface area contributed by atoms with Crippen molar-refractivity contribution in [2.24, 2.45) is 0 Å². The molecule has 4 nitrogen and oxygen atoms in total. The first-order valence-corrected chi connectivity index (χ1v) is 14.6. The van der Waals surface area contributed by atoms with Gasteiger partial charge in [-0.2, -0.15) is 0 Å². The Morgan fingerprint density at radius 3 is 2.06 bits per heavy atom. The van der Waals surface area contributed by atoms with Crippen molar-refractivity contribution in [2.75, 3.05) is 13.2 Å². The van der Waals surface area contributed by atoms with Crippen LogP contribution in [-0.4, -0.2) is 44.1 Å². The second-order valence-corrected chi connectivity index (χ2v) is 15.4. The van der Waals surface area contributed by atoms with Crippen LogP contribution in [0.5, 0.6) is 0 Å². The smallest absolute Gasteiger partial charge is 0.293 e. The van der Waals surface area contributed by atoms with Crippen molar-refractivity contribution in [2.45, 2.75) is 67.6 Å². The first kappa shape index (κ1) is 25.4. The van der Waals surface area contributed by atoms with Gasteiger partial charge in [0.25, 0.3) is 14.8 Å². The Labute approximate surface area is 207 Å². The maximum Gasteiger partial charge on any atom is 0.293 e. The van der Waals surface area contributed by atoms with Gasteiger partial charge in [0.05, 0.1) is 12.7 Å². The van der Waals surface area contributed by atoms with Crippen LogP contribution in [0.25, 0.3) is 0 Å². The zero-order valence-corrected chi connectivity index (χ0v) is 22.5. The van der Waals surface area contributed by atoms with Gasteiger partial charge >= 0.3 is 0 Å². The molecule has 1 fully saturated rings. The van der Waals surface area contributed by atoms with Crippen LogP contribution < -0.4 is 10.4 Å². The highest BCUT2D eigenvalue weighted by molar-refractivity contribution is 14.1. The largest absolute Gasteiger partial charge is 0.465 e. The number of halogens is 1. The van der Waals surface area contributed by atoms with Crippen molar-refractivity contribution in [3.8, 4) is 0 Å². The van der Waals surface area contributed by atoms with E-state index in [0.29, 0.717) is 23.6 Å². The number of hydrogen-bond acceptors (Lipinski definition) is 4. The predicted molar refractivity (Wildman–Crippen MR) is 141 cm³/mol. The van der Waals surface area contributed by atoms with Crippen LogP contribution in [0.15, 0.2) is 60.7 Å². The van der Waals surface area contributed by atoms with Crippen molar-refractivity contribution in [3.05, 3.63) is 60.7 Å². The summed E-state index contributed by atoms with van der Waals surface area (Å²) in [6, 6.07) is 21.4. The fourth-order valence-corrected chi connectivity index (χ4v) is 10.1. The molecule has 32 heavy (non-hydrogen) atoms. The fourth-order valence-electron chi connectivity index (χ4n) is 4.68. The number of ether oxygens (including phenoxy) is 2. The molecule has 1 saturated heterocycles. The standard InChI is InChI=1S/C26H35IO4Si/c1-26(2,3)32(22-13-6-4-7-14-22,23-15-8-5-9-16-23)30-18-21-12-10-11-17-24(27)25(31-21)19-29-20-28/h4-9,13-16,20-21,24-25H,10-12,17-19H2,1-3H3/t21-,24-,25-/m0/s1. The lowest BCUT2D eigenvalue weighted by Crippen LogP contribution is -2.67. The van der Waals surface area contributed by atoms with Gasteiger partial charge in [-0.15, -0.1) is 0 Å². The minimum atomic E-state index is -2.60. The summed E-state index contributed by atoms with van der Waals surface area (Å²) in [5.41, 5.74) is 0. The predicted octanol–water partition coefficient (Wildman–Crippen LogP) is 4.87. The number of benzene rings is 2. The van der Waals surface area contributed by atoms with E-state index in [1.54, 1.807) is 0 Å². The second-order valence-electron chi connectivity index (χ2n) is 9.50. The molecule has 0 N–H and O–H groups in total. The topological polar surface area (TPSA) is 44.8 Å². The molecule has 0 amide bonds. The summed E-state index contributed by atoms with van der Waals surface area (Å²) >= 11 is 2.43. The maximum atomic E-state index is 10.8. The molecule has 1 heterocycles. The quantitative estimate of drug-likeness (QED) is 0.198. The van der Waals surface area contributed by atoms with Crippen molar-refractivity contribution >= 4 is 47.8 Å². The molecule has 3 atom stereocenters. The van der Waals surface area contributed by atoms with Crippen LogP contribution >= 0.6 is 22.6 Å². The van der Waals surface area contributed by atoms with Crippen molar-refractivity contribution in [1.82, 2.24) is 0 Å². The molecule has 0 aliphatic carbocycles. The SMILES string of the molecule is CC(C)(C)[Si](OC[C@@H]1CCCC[C@H](I)[C@H](COC=O)O1)(c1ccccc1)c1ccccc1. The van der Waals surface area contributed by atoms with Gasteiger partial charge in [0.1, 0.15) is 12.7 Å². The van der Waals surface area contributed by atoms with Crippen LogP contribution in [0.2, 0.25) is 5.04 Å². The van der Waals surface area contributed by atoms with E-state index in [1.807, 2.05) is 0 Å². The third-order valence-electron chi connectivity index (χ3n) is 6.26. The fraction of sp³-hybridized carbons (Fsp3) is 0.500. The number of carbonyl (C=O) groups excluding carboxylic acids is 1. The van der Waals surface area contributed by atoms with Gasteiger partial charge in [-0.3, -0.25) is 4.79 Å². The highest BCUT2D eigenvalue weighted by Crippen LogP contribution is 2.37. The van der Waals surface area contributed by atoms with E-state index < -0.39 is 8.32 Å². The van der Waals surface area contributed by atoms with E-state index in [2.05, 4.69) is 104 Å². The van der Waals surface area contributed by atoms with Crippen molar-refractivity contribution in [3.63, 3.8) is 0 Å². The molecular weight excluding hydrogens is 531 g/mol. The Balaban J connectivity index is 1.92. The van der Waals surface area contributed by atoms with Gasteiger partial charge in [-0.25, -0.2) is 0 Å². The molecule has 0 radical (unpaired) electrons. The van der Waals surface area contributed by atoms with Gasteiger partial charge in [-0.1, -0.05) is 117 Å². The molecule has 2 aromatic rings. The lowest BCUT2D eigenvalue weighted by atomic mass is 10.0. The zero-order chi connectivity index (χ0) is 23.0. The Morgan fingerprint density at radius 1 is 0.969 bits per heavy atom. The average molecular weight is 567 g/mol. The Morgan fingerprint density at radius 2 is 1.53 bits per heavy atom. The normalized spacial score (nSPS) is 22.6. The molecule has 174 valence electrons. The van der Waals surface area contributed by atoms with E-state index in [0.717, 1.165) is 25.7 Å². The third-order valence-corrected chi connectivity index (χ3v) is 12.7. The second kappa shape index (κ2) is 11.8. The Bertz CT molecular complexity index is 785. The van der Waals surface area contributed by atoms with Crippen molar-refractivity contribution < 1.29 is 18.7 Å². The molecule has 0 unspecified atom stereocenters. The first-order valence-electron chi connectivity index (χ1n) is 11.5. The number of hydrogen-bond donors (Lipinski definition) is 0. The molecule has 1 aliphatic heterocycles. The minimum Gasteiger partial charge on any atom is -0.465 e. The van der Waals surface area contributed by atoms with Gasteiger partial charge in [0.15, 0.2) is 0 Å². The highest BCUT2D eigenvalue weighted by atomic mass is 127. The zero-order valence-electron chi connectivity index (χ0n) is 19.3. The Hall–Kier alpha value is -1.22. The molecule has 2 aromatic carbocycles. The lowest BCUT2D eigenvalue weighted by molar-refractivity contribution is -0.136. The van der Waals surface area contributed by atoms with Gasteiger partial charge in [-0.05, 0) is 28.3 Å². The minimum absolute atomic E-state index is 0.0190. The summed E-state index contributed by atoms with van der Waals surface area (Å²) in [5.74, 6) is 0. The summed E-state index contributed by atoms with van der Waals surface area (Å²) in [6.07, 6.45) is 4.19. The van der Waals surface area contributed by atoms with Gasteiger partial charge < -0.3 is 13.9 Å². The van der Waals surface area contributed by atoms with E-state index in [-0.39, 0.29) is 17.2 Å². The van der Waals surface area contributed by atoms with Gasteiger partial charge in [0, 0.05) is 3.92 Å². The number of carbonyl (C=O) groups is 1. The molecule has 3 rings (SSSR count). The summed E-state index contributed by atoms with van der Waals surface area (Å²) in [4.78, 5) is 10.8. The van der Waals surface area contributed by atoms with E-state index in [4.69, 9.17) is 13.9 Å². The lowest BCUT2D eigenvalue weighted by Gasteiger charge is -2.44. The maximum absolute atomic E-state index is 10.8. The van der Waals surface area contributed by atoms with Crippen LogP contribution in [0.1, 0.15) is 46.5 Å². The molecule has 0 aromatic heterocycles. The number of alkyl halides is 1. The summed E-state index contributed by atoms with van der Waals surface area (Å²) < 4.78 is 19.0. The van der Waals surface area contributed by atoms with E-state index >= 15 is 0 Å². The van der Waals surface area contributed by atoms with Crippen molar-refractivity contribution in [1.29, 1.82) is 0 Å². The monoisotopic (exact) mass is 566 g/mol.